The van der Waals surface area contributed by atoms with Crippen LogP contribution in [0, 0.1) is 0 Å². The second-order valence-electron chi connectivity index (χ2n) is 7.31. The Kier molecular flexibility index (Phi) is 7.03. The van der Waals surface area contributed by atoms with Crippen molar-refractivity contribution < 1.29 is 18.0 Å². The second-order valence-corrected chi connectivity index (χ2v) is 10.7. The Hall–Kier alpha value is -3.18. The number of sulfonamides is 1. The lowest BCUT2D eigenvalue weighted by atomic mass is 9.99. The lowest BCUT2D eigenvalue weighted by Gasteiger charge is -2.09. The molecule has 1 amide bonds. The van der Waals surface area contributed by atoms with Gasteiger partial charge in [-0.2, -0.15) is 0 Å². The summed E-state index contributed by atoms with van der Waals surface area (Å²) in [5, 5.41) is 9.82. The number of ketones is 1. The third kappa shape index (κ3) is 5.48. The maximum absolute atomic E-state index is 12.9. The molecule has 3 N–H and O–H groups in total. The smallest absolute Gasteiger partial charge is 0.267 e. The molecule has 0 radical (unpaired) electrons. The molecule has 0 aliphatic carbocycles. The van der Waals surface area contributed by atoms with Crippen LogP contribution in [-0.4, -0.2) is 25.1 Å². The van der Waals surface area contributed by atoms with Crippen molar-refractivity contribution in [2.24, 2.45) is 5.14 Å². The highest BCUT2D eigenvalue weighted by Gasteiger charge is 2.18. The van der Waals surface area contributed by atoms with Crippen LogP contribution in [0.4, 0.5) is 5.82 Å². The number of primary sulfonamides is 1. The van der Waals surface area contributed by atoms with Crippen LogP contribution in [-0.2, 0) is 16.4 Å². The molecule has 172 valence electrons. The molecule has 7 nitrogen and oxygen atoms in total. The first-order chi connectivity index (χ1) is 16.2. The first-order valence-corrected chi connectivity index (χ1v) is 13.2. The first-order valence-electron chi connectivity index (χ1n) is 9.97. The molecule has 0 unspecified atom stereocenters. The third-order valence-electron chi connectivity index (χ3n) is 4.98. The number of pyridine rings is 1. The number of hydrogen-bond acceptors (Lipinski definition) is 6. The Morgan fingerprint density at radius 3 is 2.41 bits per heavy atom. The van der Waals surface area contributed by atoms with Gasteiger partial charge in [-0.1, -0.05) is 42.5 Å². The van der Waals surface area contributed by atoms with Gasteiger partial charge in [-0.3, -0.25) is 9.59 Å². The second kappa shape index (κ2) is 9.98. The van der Waals surface area contributed by atoms with Crippen LogP contribution in [0.3, 0.4) is 0 Å². The van der Waals surface area contributed by atoms with Crippen LogP contribution in [0.25, 0.3) is 11.1 Å². The van der Waals surface area contributed by atoms with E-state index >= 15 is 0 Å². The summed E-state index contributed by atoms with van der Waals surface area (Å²) in [4.78, 5) is 30.2. The molecule has 0 saturated heterocycles. The average Bonchev–Trinajstić information content (AvgIpc) is 3.28. The molecule has 0 saturated carbocycles. The molecule has 0 aliphatic rings. The fourth-order valence-corrected chi connectivity index (χ4v) is 5.17. The van der Waals surface area contributed by atoms with E-state index in [2.05, 4.69) is 26.2 Å². The number of nitrogens with two attached hydrogens (primary N) is 1. The van der Waals surface area contributed by atoms with Crippen molar-refractivity contribution in [1.82, 2.24) is 4.98 Å². The van der Waals surface area contributed by atoms with Gasteiger partial charge in [0.2, 0.25) is 10.0 Å². The summed E-state index contributed by atoms with van der Waals surface area (Å²) < 4.78 is 24.6. The van der Waals surface area contributed by atoms with E-state index in [-0.39, 0.29) is 23.0 Å². The number of carbonyl (C=O) groups is 2. The van der Waals surface area contributed by atoms with E-state index in [4.69, 9.17) is 5.14 Å². The summed E-state index contributed by atoms with van der Waals surface area (Å²) in [5.41, 5.74) is 2.15. The maximum atomic E-state index is 12.9. The third-order valence-corrected chi connectivity index (χ3v) is 7.38. The number of halogens is 1. The number of rotatable bonds is 7. The molecule has 4 aromatic rings. The van der Waals surface area contributed by atoms with Gasteiger partial charge in [0.15, 0.2) is 5.78 Å². The SMILES string of the molecule is NS(=O)(=O)c1ccccc1-c1ccc(C(=O)Cc2ccsc2C(=O)Nc2ccc(Br)cn2)cc1. The standard InChI is InChI=1S/C24H18BrN3O4S2/c25-18-9-10-22(27-14-18)28-24(30)23-17(11-12-33-23)13-20(29)16-7-5-15(6-8-16)19-3-1-2-4-21(19)34(26,31)32/h1-12,14H,13H2,(H2,26,31,32)(H,27,28,30). The molecule has 0 spiro atoms. The molecule has 0 aliphatic heterocycles. The van der Waals surface area contributed by atoms with E-state index in [1.54, 1.807) is 72.2 Å². The Balaban J connectivity index is 1.50. The van der Waals surface area contributed by atoms with Gasteiger partial charge in [0.25, 0.3) is 5.91 Å². The Morgan fingerprint density at radius 2 is 1.74 bits per heavy atom. The van der Waals surface area contributed by atoms with Crippen molar-refractivity contribution in [1.29, 1.82) is 0 Å². The fraction of sp³-hybridized carbons (Fsp3) is 0.0417. The summed E-state index contributed by atoms with van der Waals surface area (Å²) in [6, 6.07) is 18.2. The van der Waals surface area contributed by atoms with Crippen LogP contribution < -0.4 is 10.5 Å². The Bertz CT molecular complexity index is 1460. The highest BCUT2D eigenvalue weighted by Crippen LogP contribution is 2.27. The van der Waals surface area contributed by atoms with Gasteiger partial charge in [-0.15, -0.1) is 11.3 Å². The zero-order valence-corrected chi connectivity index (χ0v) is 20.8. The van der Waals surface area contributed by atoms with Gasteiger partial charge in [0, 0.05) is 28.2 Å². The lowest BCUT2D eigenvalue weighted by molar-refractivity contribution is 0.0993. The van der Waals surface area contributed by atoms with Crippen molar-refractivity contribution in [2.75, 3.05) is 5.32 Å². The van der Waals surface area contributed by atoms with Crippen molar-refractivity contribution >= 4 is 54.8 Å². The van der Waals surface area contributed by atoms with Crippen molar-refractivity contribution in [2.45, 2.75) is 11.3 Å². The van der Waals surface area contributed by atoms with E-state index in [1.807, 2.05) is 0 Å². The highest BCUT2D eigenvalue weighted by atomic mass is 79.9. The van der Waals surface area contributed by atoms with Gasteiger partial charge in [-0.05, 0) is 56.7 Å². The quantitative estimate of drug-likeness (QED) is 0.314. The van der Waals surface area contributed by atoms with E-state index in [0.717, 1.165) is 4.47 Å². The Morgan fingerprint density at radius 1 is 1.00 bits per heavy atom. The summed E-state index contributed by atoms with van der Waals surface area (Å²) in [5.74, 6) is -0.0858. The number of amides is 1. The van der Waals surface area contributed by atoms with Gasteiger partial charge in [0.1, 0.15) is 5.82 Å². The number of nitrogens with one attached hydrogen (secondary N) is 1. The predicted octanol–water partition coefficient (Wildman–Crippen LogP) is 4.90. The van der Waals surface area contributed by atoms with Gasteiger partial charge in [0.05, 0.1) is 9.77 Å². The molecular weight excluding hydrogens is 538 g/mol. The predicted molar refractivity (Wildman–Crippen MR) is 135 cm³/mol. The molecule has 34 heavy (non-hydrogen) atoms. The normalized spacial score (nSPS) is 11.2. The van der Waals surface area contributed by atoms with E-state index in [9.17, 15) is 18.0 Å². The zero-order chi connectivity index (χ0) is 24.3. The summed E-state index contributed by atoms with van der Waals surface area (Å²) in [6.07, 6.45) is 1.63. The molecule has 2 heterocycles. The number of Topliss-reactive ketones (excluding diaryl/α,β-unsaturated/α-hetero) is 1. The Labute approximate surface area is 208 Å². The van der Waals surface area contributed by atoms with Gasteiger partial charge >= 0.3 is 0 Å². The van der Waals surface area contributed by atoms with E-state index in [1.165, 1.54) is 17.4 Å². The van der Waals surface area contributed by atoms with E-state index in [0.29, 0.717) is 32.9 Å². The molecular formula is C24H18BrN3O4S2. The minimum atomic E-state index is -3.89. The summed E-state index contributed by atoms with van der Waals surface area (Å²) >= 11 is 4.55. The topological polar surface area (TPSA) is 119 Å². The van der Waals surface area contributed by atoms with Crippen LogP contribution in [0.1, 0.15) is 25.6 Å². The van der Waals surface area contributed by atoms with Crippen LogP contribution in [0.2, 0.25) is 0 Å². The maximum Gasteiger partial charge on any atom is 0.267 e. The molecule has 0 atom stereocenters. The number of thiophene rings is 1. The zero-order valence-electron chi connectivity index (χ0n) is 17.6. The number of benzene rings is 2. The average molecular weight is 556 g/mol. The highest BCUT2D eigenvalue weighted by molar-refractivity contribution is 9.10. The molecule has 2 aromatic carbocycles. The van der Waals surface area contributed by atoms with Crippen molar-refractivity contribution in [3.8, 4) is 11.1 Å². The summed E-state index contributed by atoms with van der Waals surface area (Å²) in [6.45, 7) is 0. The molecule has 0 fully saturated rings. The number of carbonyl (C=O) groups excluding carboxylic acids is 2. The number of nitrogens with zero attached hydrogens (tertiary/aromatic N) is 1. The molecule has 4 rings (SSSR count). The lowest BCUT2D eigenvalue weighted by Crippen LogP contribution is -2.14. The van der Waals surface area contributed by atoms with E-state index < -0.39 is 10.0 Å². The van der Waals surface area contributed by atoms with Gasteiger partial charge < -0.3 is 5.32 Å². The number of anilines is 1. The summed E-state index contributed by atoms with van der Waals surface area (Å²) in [7, 11) is -3.89. The molecule has 10 heteroatoms. The number of hydrogen-bond donors (Lipinski definition) is 2. The van der Waals surface area contributed by atoms with Gasteiger partial charge in [-0.25, -0.2) is 18.5 Å². The van der Waals surface area contributed by atoms with Crippen LogP contribution >= 0.6 is 27.3 Å². The molecule has 0 bridgehead atoms. The molecule has 2 aromatic heterocycles. The van der Waals surface area contributed by atoms with Crippen LogP contribution in [0.5, 0.6) is 0 Å². The number of aromatic nitrogens is 1. The monoisotopic (exact) mass is 555 g/mol. The van der Waals surface area contributed by atoms with Crippen molar-refractivity contribution in [3.63, 3.8) is 0 Å². The van der Waals surface area contributed by atoms with Crippen LogP contribution in [0.15, 0.2) is 87.7 Å². The minimum Gasteiger partial charge on any atom is -0.306 e. The largest absolute Gasteiger partial charge is 0.306 e. The fourth-order valence-electron chi connectivity index (χ4n) is 3.36. The first kappa shape index (κ1) is 24.0. The minimum absolute atomic E-state index is 0.0169. The van der Waals surface area contributed by atoms with Crippen molar-refractivity contribution in [3.05, 3.63) is 98.8 Å².